The number of hydrogen-bond donors (Lipinski definition) is 0. The van der Waals surface area contributed by atoms with Gasteiger partial charge in [0.15, 0.2) is 0 Å². The Labute approximate surface area is 107 Å². The summed E-state index contributed by atoms with van der Waals surface area (Å²) in [6.07, 6.45) is 5.75. The van der Waals surface area contributed by atoms with Crippen LogP contribution in [0.2, 0.25) is 0 Å². The Morgan fingerprint density at radius 1 is 1.06 bits per heavy atom. The van der Waals surface area contributed by atoms with E-state index in [-0.39, 0.29) is 5.91 Å². The molecule has 100 valence electrons. The first-order valence-corrected chi connectivity index (χ1v) is 6.52. The van der Waals surface area contributed by atoms with Crippen molar-refractivity contribution in [1.82, 2.24) is 9.80 Å². The fraction of sp³-hybridized carbons (Fsp3) is 0.643. The van der Waals surface area contributed by atoms with E-state index in [0.717, 1.165) is 18.8 Å². The molecular formula is C14H28N2O. The molecule has 1 heterocycles. The van der Waals surface area contributed by atoms with E-state index in [0.29, 0.717) is 0 Å². The van der Waals surface area contributed by atoms with Gasteiger partial charge in [-0.2, -0.15) is 0 Å². The van der Waals surface area contributed by atoms with E-state index in [4.69, 9.17) is 0 Å². The molecule has 3 heteroatoms. The van der Waals surface area contributed by atoms with Gasteiger partial charge < -0.3 is 9.80 Å². The lowest BCUT2D eigenvalue weighted by atomic mass is 10.2. The van der Waals surface area contributed by atoms with Crippen molar-refractivity contribution in [2.75, 3.05) is 20.1 Å². The molecule has 1 aliphatic heterocycles. The Morgan fingerprint density at radius 3 is 2.00 bits per heavy atom. The number of piperazine rings is 1. The lowest BCUT2D eigenvalue weighted by Gasteiger charge is -2.33. The predicted octanol–water partition coefficient (Wildman–Crippen LogP) is 3.25. The summed E-state index contributed by atoms with van der Waals surface area (Å²) in [7, 11) is 1.83. The molecule has 3 nitrogen and oxygen atoms in total. The van der Waals surface area contributed by atoms with Crippen LogP contribution in [-0.4, -0.2) is 35.8 Å². The standard InChI is InChI=1S/C10H16N2O.2C2H6/c1-4-6-12-8-7-11(3)10(13)9(12)5-2;2*1-2/h4-6H,7-8H2,1-3H3;2*1-2H3/b6-4-,9-5-;;. The summed E-state index contributed by atoms with van der Waals surface area (Å²) in [5.74, 6) is 0.104. The van der Waals surface area contributed by atoms with Gasteiger partial charge >= 0.3 is 0 Å². The van der Waals surface area contributed by atoms with Crippen LogP contribution >= 0.6 is 0 Å². The summed E-state index contributed by atoms with van der Waals surface area (Å²) >= 11 is 0. The second kappa shape index (κ2) is 11.2. The van der Waals surface area contributed by atoms with Crippen LogP contribution in [0.1, 0.15) is 41.5 Å². The molecule has 0 unspecified atom stereocenters. The van der Waals surface area contributed by atoms with Crippen LogP contribution in [0, 0.1) is 0 Å². The van der Waals surface area contributed by atoms with Crippen LogP contribution in [-0.2, 0) is 4.79 Å². The van der Waals surface area contributed by atoms with E-state index in [2.05, 4.69) is 0 Å². The van der Waals surface area contributed by atoms with E-state index < -0.39 is 0 Å². The molecule has 0 aromatic carbocycles. The normalized spacial score (nSPS) is 17.6. The first-order valence-electron chi connectivity index (χ1n) is 6.52. The second-order valence-corrected chi connectivity index (χ2v) is 3.08. The Balaban J connectivity index is 0. The van der Waals surface area contributed by atoms with Gasteiger partial charge in [0, 0.05) is 20.1 Å². The Bertz CT molecular complexity index is 257. The summed E-state index contributed by atoms with van der Waals surface area (Å²) in [5.41, 5.74) is 0.770. The number of carbonyl (C=O) groups is 1. The summed E-state index contributed by atoms with van der Waals surface area (Å²) in [6.45, 7) is 13.5. The molecule has 0 aliphatic carbocycles. The molecule has 1 saturated heterocycles. The number of carbonyl (C=O) groups excluding carboxylic acids is 1. The zero-order chi connectivity index (χ0) is 13.8. The monoisotopic (exact) mass is 240 g/mol. The number of likely N-dealkylation sites (N-methyl/N-ethyl adjacent to an activating group) is 1. The van der Waals surface area contributed by atoms with Crippen LogP contribution < -0.4 is 0 Å². The summed E-state index contributed by atoms with van der Waals surface area (Å²) in [6, 6.07) is 0. The van der Waals surface area contributed by atoms with Gasteiger partial charge in [0.25, 0.3) is 5.91 Å². The van der Waals surface area contributed by atoms with Gasteiger partial charge in [0.2, 0.25) is 0 Å². The van der Waals surface area contributed by atoms with Gasteiger partial charge in [-0.25, -0.2) is 0 Å². The smallest absolute Gasteiger partial charge is 0.269 e. The maximum atomic E-state index is 11.6. The maximum absolute atomic E-state index is 11.6. The van der Waals surface area contributed by atoms with E-state index in [9.17, 15) is 4.79 Å². The number of allylic oxidation sites excluding steroid dienone is 2. The summed E-state index contributed by atoms with van der Waals surface area (Å²) in [5, 5.41) is 0. The Morgan fingerprint density at radius 2 is 1.59 bits per heavy atom. The molecule has 0 N–H and O–H groups in total. The first kappa shape index (κ1) is 18.1. The zero-order valence-corrected chi connectivity index (χ0v) is 12.4. The molecule has 1 aliphatic rings. The highest BCUT2D eigenvalue weighted by molar-refractivity contribution is 5.93. The van der Waals surface area contributed by atoms with E-state index in [1.807, 2.05) is 71.8 Å². The van der Waals surface area contributed by atoms with Gasteiger partial charge in [0.05, 0.1) is 0 Å². The van der Waals surface area contributed by atoms with Gasteiger partial charge in [-0.15, -0.1) is 0 Å². The minimum absolute atomic E-state index is 0.104. The zero-order valence-electron chi connectivity index (χ0n) is 12.4. The molecule has 0 spiro atoms. The third-order valence-corrected chi connectivity index (χ3v) is 2.15. The molecular weight excluding hydrogens is 212 g/mol. The minimum Gasteiger partial charge on any atom is -0.342 e. The molecule has 0 aromatic heterocycles. The van der Waals surface area contributed by atoms with Gasteiger partial charge in [-0.05, 0) is 20.0 Å². The van der Waals surface area contributed by atoms with Crippen molar-refractivity contribution >= 4 is 5.91 Å². The van der Waals surface area contributed by atoms with Crippen LogP contribution in [0.15, 0.2) is 24.0 Å². The Kier molecular flexibility index (Phi) is 12.0. The molecule has 0 radical (unpaired) electrons. The van der Waals surface area contributed by atoms with Crippen molar-refractivity contribution in [2.45, 2.75) is 41.5 Å². The molecule has 1 fully saturated rings. The van der Waals surface area contributed by atoms with Crippen molar-refractivity contribution in [1.29, 1.82) is 0 Å². The van der Waals surface area contributed by atoms with Gasteiger partial charge in [-0.3, -0.25) is 4.79 Å². The van der Waals surface area contributed by atoms with E-state index >= 15 is 0 Å². The topological polar surface area (TPSA) is 23.6 Å². The first-order chi connectivity index (χ1) is 8.20. The lowest BCUT2D eigenvalue weighted by Crippen LogP contribution is -2.44. The van der Waals surface area contributed by atoms with Crippen LogP contribution in [0.25, 0.3) is 0 Å². The quantitative estimate of drug-likeness (QED) is 0.657. The van der Waals surface area contributed by atoms with Crippen LogP contribution in [0.4, 0.5) is 0 Å². The fourth-order valence-electron chi connectivity index (χ4n) is 1.42. The Hall–Kier alpha value is -1.25. The van der Waals surface area contributed by atoms with E-state index in [1.165, 1.54) is 0 Å². The molecule has 1 rings (SSSR count). The largest absolute Gasteiger partial charge is 0.342 e. The van der Waals surface area contributed by atoms with Crippen molar-refractivity contribution in [3.05, 3.63) is 24.0 Å². The fourth-order valence-corrected chi connectivity index (χ4v) is 1.42. The molecule has 0 bridgehead atoms. The van der Waals surface area contributed by atoms with Gasteiger partial charge in [-0.1, -0.05) is 39.8 Å². The second-order valence-electron chi connectivity index (χ2n) is 3.08. The summed E-state index contributed by atoms with van der Waals surface area (Å²) < 4.78 is 0. The average molecular weight is 240 g/mol. The average Bonchev–Trinajstić information content (AvgIpc) is 2.39. The highest BCUT2D eigenvalue weighted by Crippen LogP contribution is 2.13. The maximum Gasteiger partial charge on any atom is 0.269 e. The van der Waals surface area contributed by atoms with Crippen LogP contribution in [0.3, 0.4) is 0 Å². The highest BCUT2D eigenvalue weighted by atomic mass is 16.2. The molecule has 0 aromatic rings. The van der Waals surface area contributed by atoms with Crippen molar-refractivity contribution in [2.24, 2.45) is 0 Å². The van der Waals surface area contributed by atoms with Crippen LogP contribution in [0.5, 0.6) is 0 Å². The number of nitrogens with zero attached hydrogens (tertiary/aromatic N) is 2. The number of amides is 1. The van der Waals surface area contributed by atoms with Gasteiger partial charge in [0.1, 0.15) is 5.70 Å². The lowest BCUT2D eigenvalue weighted by molar-refractivity contribution is -0.129. The summed E-state index contributed by atoms with van der Waals surface area (Å²) in [4.78, 5) is 15.4. The van der Waals surface area contributed by atoms with Crippen molar-refractivity contribution in [3.63, 3.8) is 0 Å². The minimum atomic E-state index is 0.104. The molecule has 1 amide bonds. The highest BCUT2D eigenvalue weighted by Gasteiger charge is 2.23. The SMILES string of the molecule is C/C=C\N1CCN(C)C(=O)/C1=C/C.CC.CC. The molecule has 17 heavy (non-hydrogen) atoms. The van der Waals surface area contributed by atoms with Crippen molar-refractivity contribution in [3.8, 4) is 0 Å². The van der Waals surface area contributed by atoms with E-state index in [1.54, 1.807) is 4.90 Å². The van der Waals surface area contributed by atoms with Crippen molar-refractivity contribution < 1.29 is 4.79 Å². The molecule has 0 saturated carbocycles. The third kappa shape index (κ3) is 5.57. The third-order valence-electron chi connectivity index (χ3n) is 2.15. The predicted molar refractivity (Wildman–Crippen MR) is 75.6 cm³/mol. The number of hydrogen-bond acceptors (Lipinski definition) is 2. The molecule has 0 atom stereocenters. The number of rotatable bonds is 1.